The van der Waals surface area contributed by atoms with Crippen molar-refractivity contribution in [1.82, 2.24) is 15.5 Å². The molecule has 0 saturated heterocycles. The van der Waals surface area contributed by atoms with Crippen LogP contribution in [0.2, 0.25) is 0 Å². The molecule has 2 aromatic rings. The number of hydrogen-bond donors (Lipinski definition) is 3. The molecular formula is C23H31N5O2. The summed E-state index contributed by atoms with van der Waals surface area (Å²) in [6.07, 6.45) is 0. The molecule has 0 radical (unpaired) electrons. The number of nitrogens with one attached hydrogen (secondary N) is 3. The molecule has 0 heterocycles. The maximum Gasteiger partial charge on any atom is 0.253 e. The molecule has 0 aliphatic heterocycles. The van der Waals surface area contributed by atoms with Crippen LogP contribution in [-0.2, 0) is 17.9 Å². The van der Waals surface area contributed by atoms with Gasteiger partial charge in [-0.2, -0.15) is 0 Å². The molecular weight excluding hydrogens is 378 g/mol. The minimum absolute atomic E-state index is 0.00425. The fraction of sp³-hybridized carbons (Fsp3) is 0.348. The summed E-state index contributed by atoms with van der Waals surface area (Å²) < 4.78 is 0. The zero-order valence-corrected chi connectivity index (χ0v) is 18.3. The minimum Gasteiger partial charge on any atom is -0.352 e. The van der Waals surface area contributed by atoms with Gasteiger partial charge in [-0.25, -0.2) is 0 Å². The van der Waals surface area contributed by atoms with Crippen molar-refractivity contribution in [3.63, 3.8) is 0 Å². The molecule has 0 bridgehead atoms. The molecule has 0 aromatic heterocycles. The smallest absolute Gasteiger partial charge is 0.253 e. The SMILES string of the molecule is CN=C(NCc1ccc(NC(=O)C(C)C)cc1)NCc1ccc(C(=O)N(C)C)cc1. The van der Waals surface area contributed by atoms with Gasteiger partial charge in [-0.1, -0.05) is 38.1 Å². The summed E-state index contributed by atoms with van der Waals surface area (Å²) in [5.74, 6) is 0.623. The summed E-state index contributed by atoms with van der Waals surface area (Å²) in [7, 11) is 5.20. The molecule has 30 heavy (non-hydrogen) atoms. The van der Waals surface area contributed by atoms with Gasteiger partial charge in [0, 0.05) is 51.4 Å². The molecule has 0 saturated carbocycles. The van der Waals surface area contributed by atoms with Gasteiger partial charge >= 0.3 is 0 Å². The first kappa shape index (κ1) is 22.9. The van der Waals surface area contributed by atoms with Gasteiger partial charge in [-0.3, -0.25) is 14.6 Å². The van der Waals surface area contributed by atoms with Crippen LogP contribution in [0.3, 0.4) is 0 Å². The van der Waals surface area contributed by atoms with Crippen LogP contribution in [0.4, 0.5) is 5.69 Å². The van der Waals surface area contributed by atoms with E-state index >= 15 is 0 Å². The van der Waals surface area contributed by atoms with Crippen LogP contribution < -0.4 is 16.0 Å². The number of anilines is 1. The van der Waals surface area contributed by atoms with E-state index in [9.17, 15) is 9.59 Å². The topological polar surface area (TPSA) is 85.8 Å². The highest BCUT2D eigenvalue weighted by Gasteiger charge is 2.08. The zero-order valence-electron chi connectivity index (χ0n) is 18.3. The second kappa shape index (κ2) is 11.0. The van der Waals surface area contributed by atoms with Crippen molar-refractivity contribution in [1.29, 1.82) is 0 Å². The van der Waals surface area contributed by atoms with E-state index in [1.165, 1.54) is 0 Å². The predicted octanol–water partition coefficient (Wildman–Crippen LogP) is 2.85. The Kier molecular flexibility index (Phi) is 8.41. The number of guanidine groups is 1. The number of nitrogens with zero attached hydrogens (tertiary/aromatic N) is 2. The number of carbonyl (C=O) groups excluding carboxylic acids is 2. The molecule has 0 fully saturated rings. The summed E-state index contributed by atoms with van der Waals surface area (Å²) >= 11 is 0. The van der Waals surface area contributed by atoms with Gasteiger partial charge in [0.05, 0.1) is 0 Å². The second-order valence-corrected chi connectivity index (χ2v) is 7.52. The monoisotopic (exact) mass is 409 g/mol. The highest BCUT2D eigenvalue weighted by molar-refractivity contribution is 5.94. The summed E-state index contributed by atoms with van der Waals surface area (Å²) in [5.41, 5.74) is 3.58. The lowest BCUT2D eigenvalue weighted by Gasteiger charge is -2.13. The number of rotatable bonds is 7. The van der Waals surface area contributed by atoms with Gasteiger partial charge < -0.3 is 20.9 Å². The van der Waals surface area contributed by atoms with Crippen LogP contribution in [0.5, 0.6) is 0 Å². The Labute approximate surface area is 178 Å². The third kappa shape index (κ3) is 6.92. The normalized spacial score (nSPS) is 11.2. The minimum atomic E-state index is -0.0505. The molecule has 2 amide bonds. The van der Waals surface area contributed by atoms with Gasteiger partial charge in [0.15, 0.2) is 5.96 Å². The molecule has 7 nitrogen and oxygen atoms in total. The summed E-state index contributed by atoms with van der Waals surface area (Å²) in [5, 5.41) is 9.41. The molecule has 3 N–H and O–H groups in total. The lowest BCUT2D eigenvalue weighted by molar-refractivity contribution is -0.118. The Morgan fingerprint density at radius 1 is 0.900 bits per heavy atom. The fourth-order valence-corrected chi connectivity index (χ4v) is 2.61. The van der Waals surface area contributed by atoms with Crippen molar-refractivity contribution in [3.8, 4) is 0 Å². The Bertz CT molecular complexity index is 871. The molecule has 0 atom stereocenters. The van der Waals surface area contributed by atoms with Crippen molar-refractivity contribution < 1.29 is 9.59 Å². The van der Waals surface area contributed by atoms with E-state index in [-0.39, 0.29) is 17.7 Å². The average molecular weight is 410 g/mol. The number of aliphatic imine (C=N–C) groups is 1. The lowest BCUT2D eigenvalue weighted by atomic mass is 10.1. The van der Waals surface area contributed by atoms with E-state index in [1.54, 1.807) is 26.0 Å². The number of benzene rings is 2. The van der Waals surface area contributed by atoms with Gasteiger partial charge in [0.1, 0.15) is 0 Å². The van der Waals surface area contributed by atoms with E-state index in [1.807, 2.05) is 62.4 Å². The van der Waals surface area contributed by atoms with Gasteiger partial charge in [-0.05, 0) is 35.4 Å². The molecule has 0 aliphatic carbocycles. The van der Waals surface area contributed by atoms with Crippen molar-refractivity contribution in [2.24, 2.45) is 10.9 Å². The van der Waals surface area contributed by atoms with Crippen molar-refractivity contribution in [3.05, 3.63) is 65.2 Å². The number of amides is 2. The Morgan fingerprint density at radius 3 is 1.83 bits per heavy atom. The van der Waals surface area contributed by atoms with E-state index in [4.69, 9.17) is 0 Å². The Morgan fingerprint density at radius 2 is 1.40 bits per heavy atom. The molecule has 0 unspecified atom stereocenters. The highest BCUT2D eigenvalue weighted by atomic mass is 16.2. The molecule has 0 aliphatic rings. The maximum absolute atomic E-state index is 12.0. The van der Waals surface area contributed by atoms with Gasteiger partial charge in [0.25, 0.3) is 5.91 Å². The number of carbonyl (C=O) groups is 2. The van der Waals surface area contributed by atoms with Crippen LogP contribution in [0, 0.1) is 5.92 Å². The molecule has 0 spiro atoms. The lowest BCUT2D eigenvalue weighted by Crippen LogP contribution is -2.36. The zero-order chi connectivity index (χ0) is 22.1. The molecule has 2 rings (SSSR count). The second-order valence-electron chi connectivity index (χ2n) is 7.52. The highest BCUT2D eigenvalue weighted by Crippen LogP contribution is 2.11. The first-order valence-electron chi connectivity index (χ1n) is 9.95. The number of hydrogen-bond acceptors (Lipinski definition) is 3. The molecule has 7 heteroatoms. The van der Waals surface area contributed by atoms with E-state index in [0.29, 0.717) is 24.6 Å². The van der Waals surface area contributed by atoms with Crippen LogP contribution in [0.25, 0.3) is 0 Å². The fourth-order valence-electron chi connectivity index (χ4n) is 2.61. The van der Waals surface area contributed by atoms with Crippen molar-refractivity contribution in [2.75, 3.05) is 26.5 Å². The van der Waals surface area contributed by atoms with E-state index in [0.717, 1.165) is 16.8 Å². The first-order chi connectivity index (χ1) is 14.3. The molecule has 160 valence electrons. The van der Waals surface area contributed by atoms with Crippen molar-refractivity contribution in [2.45, 2.75) is 26.9 Å². The Hall–Kier alpha value is -3.35. The predicted molar refractivity (Wildman–Crippen MR) is 121 cm³/mol. The van der Waals surface area contributed by atoms with E-state index in [2.05, 4.69) is 20.9 Å². The van der Waals surface area contributed by atoms with Crippen LogP contribution in [0.1, 0.15) is 35.3 Å². The molecule has 2 aromatic carbocycles. The van der Waals surface area contributed by atoms with E-state index < -0.39 is 0 Å². The maximum atomic E-state index is 12.0. The quantitative estimate of drug-likeness (QED) is 0.485. The third-order valence-electron chi connectivity index (χ3n) is 4.50. The van der Waals surface area contributed by atoms with Gasteiger partial charge in [-0.15, -0.1) is 0 Å². The Balaban J connectivity index is 1.83. The standard InChI is InChI=1S/C23H31N5O2/c1-16(2)21(29)27-20-12-8-18(9-13-20)15-26-23(24-3)25-14-17-6-10-19(11-7-17)22(30)28(4)5/h6-13,16H,14-15H2,1-5H3,(H,27,29)(H2,24,25,26). The average Bonchev–Trinajstić information content (AvgIpc) is 2.74. The van der Waals surface area contributed by atoms with Crippen LogP contribution >= 0.6 is 0 Å². The summed E-state index contributed by atoms with van der Waals surface area (Å²) in [6.45, 7) is 4.93. The summed E-state index contributed by atoms with van der Waals surface area (Å²) in [6, 6.07) is 15.2. The summed E-state index contributed by atoms with van der Waals surface area (Å²) in [4.78, 5) is 29.5. The van der Waals surface area contributed by atoms with Crippen LogP contribution in [0.15, 0.2) is 53.5 Å². The van der Waals surface area contributed by atoms with Crippen LogP contribution in [-0.4, -0.2) is 43.8 Å². The first-order valence-corrected chi connectivity index (χ1v) is 9.95. The van der Waals surface area contributed by atoms with Crippen molar-refractivity contribution >= 4 is 23.5 Å². The third-order valence-corrected chi connectivity index (χ3v) is 4.50. The van der Waals surface area contributed by atoms with Gasteiger partial charge in [0.2, 0.25) is 5.91 Å². The largest absolute Gasteiger partial charge is 0.352 e.